The molecular formula is C10H8ClFN2O. The van der Waals surface area contributed by atoms with Crippen molar-refractivity contribution < 1.29 is 4.39 Å². The van der Waals surface area contributed by atoms with Gasteiger partial charge in [0, 0.05) is 12.1 Å². The van der Waals surface area contributed by atoms with Crippen molar-refractivity contribution in [3.8, 4) is 0 Å². The van der Waals surface area contributed by atoms with Crippen LogP contribution in [-0.4, -0.2) is 9.55 Å². The van der Waals surface area contributed by atoms with Crippen molar-refractivity contribution in [2.75, 3.05) is 0 Å². The van der Waals surface area contributed by atoms with E-state index in [2.05, 4.69) is 4.98 Å². The molecule has 1 aromatic carbocycles. The predicted molar refractivity (Wildman–Crippen MR) is 55.8 cm³/mol. The van der Waals surface area contributed by atoms with Crippen LogP contribution in [0.4, 0.5) is 4.39 Å². The Morgan fingerprint density at radius 3 is 2.87 bits per heavy atom. The summed E-state index contributed by atoms with van der Waals surface area (Å²) in [4.78, 5) is 14.2. The fourth-order valence-electron chi connectivity index (χ4n) is 1.82. The lowest BCUT2D eigenvalue weighted by Gasteiger charge is -2.00. The van der Waals surface area contributed by atoms with Gasteiger partial charge in [0.05, 0.1) is 16.1 Å². The maximum Gasteiger partial charge on any atom is 0.326 e. The fraction of sp³-hybridized carbons (Fsp3) is 0.300. The molecule has 1 N–H and O–H groups in total. The maximum absolute atomic E-state index is 13.1. The molecule has 0 bridgehead atoms. The van der Waals surface area contributed by atoms with Gasteiger partial charge in [-0.2, -0.15) is 0 Å². The smallest absolute Gasteiger partial charge is 0.305 e. The summed E-state index contributed by atoms with van der Waals surface area (Å²) in [5, 5.41) is 0.0518. The molecule has 1 aromatic heterocycles. The zero-order valence-electron chi connectivity index (χ0n) is 7.76. The van der Waals surface area contributed by atoms with Gasteiger partial charge >= 0.3 is 5.69 Å². The highest BCUT2D eigenvalue weighted by Gasteiger charge is 2.27. The summed E-state index contributed by atoms with van der Waals surface area (Å²) in [7, 11) is 0. The number of nitrogens with zero attached hydrogens (tertiary/aromatic N) is 1. The first-order valence-electron chi connectivity index (χ1n) is 4.76. The van der Waals surface area contributed by atoms with Crippen LogP contribution in [0.3, 0.4) is 0 Å². The Kier molecular flexibility index (Phi) is 1.71. The number of aromatic amines is 1. The van der Waals surface area contributed by atoms with E-state index in [0.717, 1.165) is 12.8 Å². The molecule has 0 amide bonds. The first-order valence-corrected chi connectivity index (χ1v) is 5.14. The molecule has 1 aliphatic rings. The minimum Gasteiger partial charge on any atom is -0.305 e. The number of hydrogen-bond donors (Lipinski definition) is 1. The quantitative estimate of drug-likeness (QED) is 0.797. The molecule has 0 aliphatic heterocycles. The van der Waals surface area contributed by atoms with E-state index in [9.17, 15) is 9.18 Å². The van der Waals surface area contributed by atoms with E-state index in [-0.39, 0.29) is 16.8 Å². The lowest BCUT2D eigenvalue weighted by Crippen LogP contribution is -2.14. The SMILES string of the molecule is O=c1[nH]c2cc(F)c(Cl)cc2n1C1CC1. The van der Waals surface area contributed by atoms with Crippen LogP contribution in [0.1, 0.15) is 18.9 Å². The van der Waals surface area contributed by atoms with E-state index in [1.54, 1.807) is 4.57 Å². The monoisotopic (exact) mass is 226 g/mol. The van der Waals surface area contributed by atoms with E-state index in [4.69, 9.17) is 11.6 Å². The van der Waals surface area contributed by atoms with Gasteiger partial charge < -0.3 is 4.98 Å². The van der Waals surface area contributed by atoms with Crippen LogP contribution in [0.15, 0.2) is 16.9 Å². The maximum atomic E-state index is 13.1. The Labute approximate surface area is 89.5 Å². The van der Waals surface area contributed by atoms with Crippen molar-refractivity contribution in [3.05, 3.63) is 33.5 Å². The third kappa shape index (κ3) is 1.28. The lowest BCUT2D eigenvalue weighted by molar-refractivity contribution is 0.629. The topological polar surface area (TPSA) is 37.8 Å². The Hall–Kier alpha value is -1.29. The van der Waals surface area contributed by atoms with E-state index >= 15 is 0 Å². The van der Waals surface area contributed by atoms with Crippen molar-refractivity contribution in [3.63, 3.8) is 0 Å². The van der Waals surface area contributed by atoms with Crippen LogP contribution >= 0.6 is 11.6 Å². The fourth-order valence-corrected chi connectivity index (χ4v) is 1.97. The molecule has 0 unspecified atom stereocenters. The summed E-state index contributed by atoms with van der Waals surface area (Å²) in [5.74, 6) is -0.506. The van der Waals surface area contributed by atoms with Gasteiger partial charge in [0.1, 0.15) is 5.82 Å². The molecule has 3 rings (SSSR count). The number of halogens is 2. The first-order chi connectivity index (χ1) is 7.16. The predicted octanol–water partition coefficient (Wildman–Crippen LogP) is 2.46. The highest BCUT2D eigenvalue weighted by molar-refractivity contribution is 6.31. The summed E-state index contributed by atoms with van der Waals surface area (Å²) in [6.07, 6.45) is 2.00. The molecule has 1 aliphatic carbocycles. The number of imidazole rings is 1. The molecule has 3 nitrogen and oxygen atoms in total. The Morgan fingerprint density at radius 1 is 1.47 bits per heavy atom. The second-order valence-corrected chi connectivity index (χ2v) is 4.22. The standard InChI is InChI=1S/C10H8ClFN2O/c11-6-3-9-8(4-7(6)12)13-10(15)14(9)5-1-2-5/h3-5H,1-2H2,(H,13,15). The van der Waals surface area contributed by atoms with Gasteiger partial charge in [-0.1, -0.05) is 11.6 Å². The number of H-pyrrole nitrogens is 1. The van der Waals surface area contributed by atoms with E-state index in [1.807, 2.05) is 0 Å². The summed E-state index contributed by atoms with van der Waals surface area (Å²) in [5.41, 5.74) is 1.01. The molecule has 2 aromatic rings. The van der Waals surface area contributed by atoms with Crippen LogP contribution in [0.25, 0.3) is 11.0 Å². The van der Waals surface area contributed by atoms with Crippen LogP contribution < -0.4 is 5.69 Å². The van der Waals surface area contributed by atoms with Gasteiger partial charge in [-0.05, 0) is 18.9 Å². The average molecular weight is 227 g/mol. The van der Waals surface area contributed by atoms with Crippen molar-refractivity contribution >= 4 is 22.6 Å². The van der Waals surface area contributed by atoms with Crippen molar-refractivity contribution in [1.82, 2.24) is 9.55 Å². The second-order valence-electron chi connectivity index (χ2n) is 3.81. The largest absolute Gasteiger partial charge is 0.326 e. The first kappa shape index (κ1) is 8.97. The molecule has 15 heavy (non-hydrogen) atoms. The Balaban J connectivity index is 2.39. The van der Waals surface area contributed by atoms with Gasteiger partial charge in [-0.15, -0.1) is 0 Å². The second kappa shape index (κ2) is 2.85. The number of nitrogens with one attached hydrogen (secondary N) is 1. The van der Waals surface area contributed by atoms with Crippen LogP contribution in [-0.2, 0) is 0 Å². The van der Waals surface area contributed by atoms with Crippen LogP contribution in [0.2, 0.25) is 5.02 Å². The third-order valence-corrected chi connectivity index (χ3v) is 2.96. The number of hydrogen-bond acceptors (Lipinski definition) is 1. The summed E-state index contributed by atoms with van der Waals surface area (Å²) < 4.78 is 14.8. The summed E-state index contributed by atoms with van der Waals surface area (Å²) >= 11 is 5.69. The van der Waals surface area contributed by atoms with Crippen LogP contribution in [0.5, 0.6) is 0 Å². The van der Waals surface area contributed by atoms with Gasteiger partial charge in [0.25, 0.3) is 0 Å². The number of benzene rings is 1. The average Bonchev–Trinajstić information content (AvgIpc) is 2.93. The molecule has 1 fully saturated rings. The zero-order chi connectivity index (χ0) is 10.6. The molecule has 1 heterocycles. The minimum absolute atomic E-state index is 0.0518. The number of rotatable bonds is 1. The Morgan fingerprint density at radius 2 is 2.20 bits per heavy atom. The molecule has 78 valence electrons. The molecule has 0 atom stereocenters. The Bertz CT molecular complexity index is 597. The van der Waals surface area contributed by atoms with E-state index in [0.29, 0.717) is 11.0 Å². The summed E-state index contributed by atoms with van der Waals surface area (Å²) in [6.45, 7) is 0. The van der Waals surface area contributed by atoms with Gasteiger partial charge in [0.2, 0.25) is 0 Å². The molecule has 1 saturated carbocycles. The van der Waals surface area contributed by atoms with Gasteiger partial charge in [0.15, 0.2) is 0 Å². The van der Waals surface area contributed by atoms with E-state index in [1.165, 1.54) is 12.1 Å². The zero-order valence-corrected chi connectivity index (χ0v) is 8.51. The highest BCUT2D eigenvalue weighted by atomic mass is 35.5. The van der Waals surface area contributed by atoms with Gasteiger partial charge in [-0.25, -0.2) is 9.18 Å². The van der Waals surface area contributed by atoms with Gasteiger partial charge in [-0.3, -0.25) is 4.57 Å². The third-order valence-electron chi connectivity index (χ3n) is 2.67. The van der Waals surface area contributed by atoms with Crippen LogP contribution in [0, 0.1) is 5.82 Å². The summed E-state index contributed by atoms with van der Waals surface area (Å²) in [6, 6.07) is 3.02. The number of fused-ring (bicyclic) bond motifs is 1. The normalized spacial score (nSPS) is 16.1. The minimum atomic E-state index is -0.506. The molecule has 0 radical (unpaired) electrons. The molecule has 0 saturated heterocycles. The lowest BCUT2D eigenvalue weighted by atomic mass is 10.3. The number of aromatic nitrogens is 2. The molecular weight excluding hydrogens is 219 g/mol. The highest BCUT2D eigenvalue weighted by Crippen LogP contribution is 2.36. The van der Waals surface area contributed by atoms with Crippen molar-refractivity contribution in [2.24, 2.45) is 0 Å². The van der Waals surface area contributed by atoms with E-state index < -0.39 is 5.82 Å². The molecule has 5 heteroatoms. The van der Waals surface area contributed by atoms with Crippen molar-refractivity contribution in [2.45, 2.75) is 18.9 Å². The van der Waals surface area contributed by atoms with Crippen molar-refractivity contribution in [1.29, 1.82) is 0 Å². The molecule has 0 spiro atoms.